The Bertz CT molecular complexity index is 1420. The smallest absolute Gasteiger partial charge is 0.324 e. The Morgan fingerprint density at radius 2 is 1.28 bits per heavy atom. The molecule has 1 aliphatic rings. The van der Waals surface area contributed by atoms with E-state index in [0.717, 1.165) is 16.7 Å². The highest BCUT2D eigenvalue weighted by molar-refractivity contribution is 7.91. The molecule has 0 saturated carbocycles. The van der Waals surface area contributed by atoms with E-state index in [9.17, 15) is 4.79 Å². The second-order valence-corrected chi connectivity index (χ2v) is 11.5. The first-order chi connectivity index (χ1) is 19.0. The average Bonchev–Trinajstić information content (AvgIpc) is 3.52. The monoisotopic (exact) mass is 540 g/mol. The summed E-state index contributed by atoms with van der Waals surface area (Å²) < 4.78 is 33.4. The van der Waals surface area contributed by atoms with Gasteiger partial charge in [0, 0.05) is 6.54 Å². The fraction of sp³-hybridized carbons (Fsp3) is 0.219. The van der Waals surface area contributed by atoms with Crippen molar-refractivity contribution in [3.05, 3.63) is 132 Å². The number of carbonyl (C=O) groups excluding carboxylic acids is 1. The predicted octanol–water partition coefficient (Wildman–Crippen LogP) is 6.07. The lowest BCUT2D eigenvalue weighted by Crippen LogP contribution is -2.42. The normalized spacial score (nSPS) is 17.2. The van der Waals surface area contributed by atoms with Crippen LogP contribution in [-0.2, 0) is 25.0 Å². The first kappa shape index (κ1) is 26.7. The molecule has 0 amide bonds. The molecule has 4 aromatic carbocycles. The lowest BCUT2D eigenvalue weighted by atomic mass is 9.78. The topological polar surface area (TPSA) is 68.2 Å². The third kappa shape index (κ3) is 4.95. The van der Waals surface area contributed by atoms with Gasteiger partial charge in [-0.3, -0.25) is 4.79 Å². The van der Waals surface area contributed by atoms with Crippen LogP contribution in [0.3, 0.4) is 0 Å². The van der Waals surface area contributed by atoms with E-state index in [2.05, 4.69) is 0 Å². The van der Waals surface area contributed by atoms with Crippen molar-refractivity contribution in [3.63, 3.8) is 0 Å². The van der Waals surface area contributed by atoms with Crippen LogP contribution in [0.15, 0.2) is 125 Å². The predicted molar refractivity (Wildman–Crippen MR) is 153 cm³/mol. The van der Waals surface area contributed by atoms with Crippen LogP contribution in [0.5, 0.6) is 5.75 Å². The fourth-order valence-electron chi connectivity index (χ4n) is 5.28. The van der Waals surface area contributed by atoms with Crippen LogP contribution in [0.1, 0.15) is 29.5 Å². The molecule has 1 saturated heterocycles. The molecule has 1 aliphatic heterocycles. The zero-order chi connectivity index (χ0) is 27.3. The molecule has 0 spiro atoms. The Labute approximate surface area is 230 Å². The van der Waals surface area contributed by atoms with E-state index in [1.54, 1.807) is 35.7 Å². The Balaban J connectivity index is 1.91. The summed E-state index contributed by atoms with van der Waals surface area (Å²) in [5.74, 6) is 0.237. The molecule has 6 nitrogen and oxygen atoms in total. The minimum Gasteiger partial charge on any atom is -0.497 e. The zero-order valence-corrected chi connectivity index (χ0v) is 22.9. The Morgan fingerprint density at radius 1 is 0.795 bits per heavy atom. The number of rotatable bonds is 8. The van der Waals surface area contributed by atoms with E-state index in [1.165, 1.54) is 7.11 Å². The molecule has 0 radical (unpaired) electrons. The Kier molecular flexibility index (Phi) is 7.82. The Hall–Kier alpha value is -3.94. The van der Waals surface area contributed by atoms with Gasteiger partial charge in [0.15, 0.2) is 0 Å². The largest absolute Gasteiger partial charge is 0.497 e. The SMILES string of the molecule is COC(=O)[C@@H]1CCCN1S(=O)(=NC(c1ccccc1)(c1ccccc1)c1ccccc1)c1ccc(OC)cc1. The molecule has 0 aromatic heterocycles. The highest BCUT2D eigenvalue weighted by atomic mass is 32.2. The summed E-state index contributed by atoms with van der Waals surface area (Å²) in [7, 11) is -0.414. The maximum absolute atomic E-state index is 15.7. The second-order valence-electron chi connectivity index (χ2n) is 9.39. The zero-order valence-electron chi connectivity index (χ0n) is 22.1. The lowest BCUT2D eigenvalue weighted by Gasteiger charge is -2.35. The molecule has 4 aromatic rings. The third-order valence-corrected chi connectivity index (χ3v) is 9.68. The first-order valence-corrected chi connectivity index (χ1v) is 14.4. The summed E-state index contributed by atoms with van der Waals surface area (Å²) in [6.45, 7) is 0.447. The highest BCUT2D eigenvalue weighted by Gasteiger charge is 2.44. The molecule has 1 unspecified atom stereocenters. The van der Waals surface area contributed by atoms with E-state index >= 15 is 4.21 Å². The lowest BCUT2D eigenvalue weighted by molar-refractivity contribution is -0.144. The molecule has 200 valence electrons. The van der Waals surface area contributed by atoms with Gasteiger partial charge < -0.3 is 9.47 Å². The molecule has 0 aliphatic carbocycles. The van der Waals surface area contributed by atoms with Crippen LogP contribution < -0.4 is 4.74 Å². The molecule has 0 bridgehead atoms. The standard InChI is InChI=1S/C32H32N2O4S/c1-37-28-20-22-29(23-21-28)39(36,34-24-12-19-30(34)31(35)38-2)33-32(25-13-6-3-7-14-25,26-15-8-4-9-16-26)27-17-10-5-11-18-27/h3-11,13-18,20-23,30H,12,19,24H2,1-2H3/t30-,39?/m0/s1. The summed E-state index contributed by atoms with van der Waals surface area (Å²) in [4.78, 5) is 13.4. The number of methoxy groups -OCH3 is 2. The van der Waals surface area contributed by atoms with Crippen molar-refractivity contribution in [2.75, 3.05) is 20.8 Å². The van der Waals surface area contributed by atoms with E-state index in [0.29, 0.717) is 30.0 Å². The summed E-state index contributed by atoms with van der Waals surface area (Å²) in [6, 6.07) is 36.2. The highest BCUT2D eigenvalue weighted by Crippen LogP contribution is 2.44. The molecule has 1 fully saturated rings. The van der Waals surface area contributed by atoms with Gasteiger partial charge in [-0.1, -0.05) is 91.0 Å². The number of benzene rings is 4. The number of nitrogens with zero attached hydrogens (tertiary/aromatic N) is 2. The van der Waals surface area contributed by atoms with Crippen LogP contribution in [0, 0.1) is 0 Å². The molecular formula is C32H32N2O4S. The number of ether oxygens (including phenoxy) is 2. The molecule has 0 N–H and O–H groups in total. The quantitative estimate of drug-likeness (QED) is 0.201. The van der Waals surface area contributed by atoms with Crippen LogP contribution in [0.4, 0.5) is 0 Å². The van der Waals surface area contributed by atoms with Crippen molar-refractivity contribution in [2.24, 2.45) is 4.36 Å². The number of hydrogen-bond acceptors (Lipinski definition) is 5. The van der Waals surface area contributed by atoms with Crippen molar-refractivity contribution in [1.29, 1.82) is 0 Å². The van der Waals surface area contributed by atoms with Crippen molar-refractivity contribution >= 4 is 15.9 Å². The van der Waals surface area contributed by atoms with Crippen molar-refractivity contribution < 1.29 is 18.5 Å². The molecule has 39 heavy (non-hydrogen) atoms. The second kappa shape index (κ2) is 11.4. The van der Waals surface area contributed by atoms with Crippen molar-refractivity contribution in [2.45, 2.75) is 29.3 Å². The average molecular weight is 541 g/mol. The third-order valence-electron chi connectivity index (χ3n) is 7.20. The van der Waals surface area contributed by atoms with E-state index < -0.39 is 27.5 Å². The molecular weight excluding hydrogens is 508 g/mol. The van der Waals surface area contributed by atoms with Gasteiger partial charge in [-0.25, -0.2) is 4.21 Å². The molecule has 2 atom stereocenters. The van der Waals surface area contributed by atoms with Gasteiger partial charge >= 0.3 is 5.97 Å². The van der Waals surface area contributed by atoms with E-state index in [4.69, 9.17) is 13.8 Å². The van der Waals surface area contributed by atoms with Crippen molar-refractivity contribution in [3.8, 4) is 5.75 Å². The molecule has 1 heterocycles. The van der Waals surface area contributed by atoms with Gasteiger partial charge in [-0.2, -0.15) is 8.67 Å². The summed E-state index contributed by atoms with van der Waals surface area (Å²) in [5, 5.41) is 0. The van der Waals surface area contributed by atoms with Crippen LogP contribution >= 0.6 is 0 Å². The molecule has 5 rings (SSSR count). The fourth-order valence-corrected chi connectivity index (χ4v) is 7.86. The first-order valence-electron chi connectivity index (χ1n) is 13.0. The Morgan fingerprint density at radius 3 is 1.72 bits per heavy atom. The van der Waals surface area contributed by atoms with Gasteiger partial charge in [0.25, 0.3) is 0 Å². The summed E-state index contributed by atoms with van der Waals surface area (Å²) >= 11 is 0. The summed E-state index contributed by atoms with van der Waals surface area (Å²) in [6.07, 6.45) is 1.25. The van der Waals surface area contributed by atoms with Crippen LogP contribution in [0.2, 0.25) is 0 Å². The number of hydrogen-bond donors (Lipinski definition) is 0. The van der Waals surface area contributed by atoms with Crippen molar-refractivity contribution in [1.82, 2.24) is 4.31 Å². The number of carbonyl (C=O) groups is 1. The maximum atomic E-state index is 15.7. The van der Waals surface area contributed by atoms with Gasteiger partial charge in [-0.05, 0) is 53.8 Å². The minimum atomic E-state index is -3.38. The van der Waals surface area contributed by atoms with Crippen LogP contribution in [-0.4, -0.2) is 41.3 Å². The van der Waals surface area contributed by atoms with Gasteiger partial charge in [0.2, 0.25) is 0 Å². The van der Waals surface area contributed by atoms with Gasteiger partial charge in [-0.15, -0.1) is 0 Å². The van der Waals surface area contributed by atoms with Gasteiger partial charge in [0.05, 0.1) is 19.1 Å². The molecule has 7 heteroatoms. The van der Waals surface area contributed by atoms with Gasteiger partial charge in [0.1, 0.15) is 27.2 Å². The number of esters is 1. The van der Waals surface area contributed by atoms with E-state index in [1.807, 2.05) is 91.0 Å². The van der Waals surface area contributed by atoms with E-state index in [-0.39, 0.29) is 0 Å². The maximum Gasteiger partial charge on any atom is 0.324 e. The minimum absolute atomic E-state index is 0.409. The van der Waals surface area contributed by atoms with Crippen LogP contribution in [0.25, 0.3) is 0 Å². The summed E-state index contributed by atoms with van der Waals surface area (Å²) in [5.41, 5.74) is 1.48.